The molecule has 1 atom stereocenters. The van der Waals surface area contributed by atoms with Crippen molar-refractivity contribution in [3.8, 4) is 11.5 Å². The zero-order valence-corrected chi connectivity index (χ0v) is 18.0. The van der Waals surface area contributed by atoms with E-state index in [2.05, 4.69) is 18.2 Å². The number of nitrogens with zero attached hydrogens (tertiary/aromatic N) is 1. The highest BCUT2D eigenvalue weighted by Crippen LogP contribution is 2.21. The topological polar surface area (TPSA) is 48.0 Å². The lowest BCUT2D eigenvalue weighted by atomic mass is 10.0. The number of aryl methyl sites for hydroxylation is 2. The molecule has 0 bridgehead atoms. The van der Waals surface area contributed by atoms with Gasteiger partial charge in [0.25, 0.3) is 0 Å². The molecule has 0 aromatic heterocycles. The smallest absolute Gasteiger partial charge is 0.306 e. The minimum absolute atomic E-state index is 0.171. The van der Waals surface area contributed by atoms with E-state index in [0.29, 0.717) is 19.6 Å². The van der Waals surface area contributed by atoms with Gasteiger partial charge in [-0.2, -0.15) is 0 Å². The number of hydrogen-bond donors (Lipinski definition) is 0. The normalized spacial score (nSPS) is 11.9. The summed E-state index contributed by atoms with van der Waals surface area (Å²) < 4.78 is 16.9. The molecule has 29 heavy (non-hydrogen) atoms. The Bertz CT molecular complexity index is 743. The number of methoxy groups -OCH3 is 1. The summed E-state index contributed by atoms with van der Waals surface area (Å²) in [5, 5.41) is 0. The number of rotatable bonds is 12. The Labute approximate surface area is 174 Å². The summed E-state index contributed by atoms with van der Waals surface area (Å²) in [6, 6.07) is 16.2. The number of carbonyl (C=O) groups excluding carboxylic acids is 1. The van der Waals surface area contributed by atoms with Crippen LogP contribution in [0, 0.1) is 0 Å². The van der Waals surface area contributed by atoms with Gasteiger partial charge >= 0.3 is 5.97 Å². The van der Waals surface area contributed by atoms with E-state index in [1.165, 1.54) is 5.56 Å². The van der Waals surface area contributed by atoms with Gasteiger partial charge in [-0.15, -0.1) is 0 Å². The average molecular weight is 400 g/mol. The molecule has 0 unspecified atom stereocenters. The summed E-state index contributed by atoms with van der Waals surface area (Å²) in [4.78, 5) is 13.9. The fourth-order valence-electron chi connectivity index (χ4n) is 3.09. The van der Waals surface area contributed by atoms with Gasteiger partial charge in [0.05, 0.1) is 7.11 Å². The lowest BCUT2D eigenvalue weighted by Gasteiger charge is -2.22. The molecule has 0 heterocycles. The van der Waals surface area contributed by atoms with Gasteiger partial charge in [-0.25, -0.2) is 0 Å². The van der Waals surface area contributed by atoms with Gasteiger partial charge in [0.2, 0.25) is 0 Å². The maximum Gasteiger partial charge on any atom is 0.306 e. The molecule has 2 aromatic rings. The average Bonchev–Trinajstić information content (AvgIpc) is 2.71. The van der Waals surface area contributed by atoms with E-state index < -0.39 is 0 Å². The van der Waals surface area contributed by atoms with Crippen LogP contribution in [0.5, 0.6) is 11.5 Å². The number of likely N-dealkylation sites (N-methyl/N-ethyl adjacent to an activating group) is 1. The lowest BCUT2D eigenvalue weighted by molar-refractivity contribution is -0.151. The maximum absolute atomic E-state index is 11.9. The van der Waals surface area contributed by atoms with Crippen molar-refractivity contribution in [3.05, 3.63) is 59.7 Å². The van der Waals surface area contributed by atoms with E-state index in [4.69, 9.17) is 14.2 Å². The van der Waals surface area contributed by atoms with Crippen molar-refractivity contribution < 1.29 is 19.0 Å². The van der Waals surface area contributed by atoms with Crippen LogP contribution in [-0.2, 0) is 22.4 Å². The van der Waals surface area contributed by atoms with Gasteiger partial charge in [0.15, 0.2) is 0 Å². The fourth-order valence-corrected chi connectivity index (χ4v) is 3.09. The standard InChI is InChI=1S/C24H33NO4/c1-5-8-24(26)29-22(17-25(2)3)18-28-23-10-7-6-9-20(23)14-11-19-12-15-21(27-4)16-13-19/h6-7,9-10,12-13,15-16,22H,5,8,11,14,17-18H2,1-4H3/t22-/m0/s1. The van der Waals surface area contributed by atoms with Crippen molar-refractivity contribution in [1.82, 2.24) is 4.90 Å². The van der Waals surface area contributed by atoms with Crippen LogP contribution in [-0.4, -0.2) is 51.3 Å². The van der Waals surface area contributed by atoms with E-state index >= 15 is 0 Å². The largest absolute Gasteiger partial charge is 0.497 e. The predicted molar refractivity (Wildman–Crippen MR) is 116 cm³/mol. The van der Waals surface area contributed by atoms with Gasteiger partial charge in [-0.3, -0.25) is 4.79 Å². The molecule has 0 aliphatic carbocycles. The van der Waals surface area contributed by atoms with Crippen LogP contribution in [0.25, 0.3) is 0 Å². The molecule has 0 N–H and O–H groups in total. The number of hydrogen-bond acceptors (Lipinski definition) is 5. The molecular formula is C24H33NO4. The zero-order valence-electron chi connectivity index (χ0n) is 18.0. The fraction of sp³-hybridized carbons (Fsp3) is 0.458. The predicted octanol–water partition coefficient (Wildman–Crippen LogP) is 4.13. The molecule has 0 radical (unpaired) electrons. The Morgan fingerprint density at radius 3 is 2.41 bits per heavy atom. The van der Waals surface area contributed by atoms with Crippen LogP contribution >= 0.6 is 0 Å². The molecule has 2 rings (SSSR count). The molecule has 0 saturated carbocycles. The third kappa shape index (κ3) is 8.16. The van der Waals surface area contributed by atoms with E-state index in [-0.39, 0.29) is 12.1 Å². The Morgan fingerprint density at radius 1 is 1.03 bits per heavy atom. The molecule has 0 aliphatic rings. The molecule has 5 heteroatoms. The van der Waals surface area contributed by atoms with Crippen LogP contribution in [0.3, 0.4) is 0 Å². The van der Waals surface area contributed by atoms with Crippen LogP contribution in [0.1, 0.15) is 30.9 Å². The van der Waals surface area contributed by atoms with Crippen molar-refractivity contribution in [2.24, 2.45) is 0 Å². The third-order valence-electron chi connectivity index (χ3n) is 4.56. The Kier molecular flexibility index (Phi) is 9.51. The molecule has 158 valence electrons. The first-order valence-corrected chi connectivity index (χ1v) is 10.2. The van der Waals surface area contributed by atoms with Gasteiger partial charge in [-0.05, 0) is 62.7 Å². The number of carbonyl (C=O) groups is 1. The van der Waals surface area contributed by atoms with Crippen LogP contribution < -0.4 is 9.47 Å². The molecule has 0 amide bonds. The summed E-state index contributed by atoms with van der Waals surface area (Å²) >= 11 is 0. The van der Waals surface area contributed by atoms with Crippen LogP contribution in [0.2, 0.25) is 0 Å². The number of benzene rings is 2. The molecule has 0 saturated heterocycles. The Hall–Kier alpha value is -2.53. The second-order valence-electron chi connectivity index (χ2n) is 7.39. The number of para-hydroxylation sites is 1. The maximum atomic E-state index is 11.9. The molecule has 0 aliphatic heterocycles. The molecular weight excluding hydrogens is 366 g/mol. The number of esters is 1. The van der Waals surface area contributed by atoms with Crippen molar-refractivity contribution in [2.75, 3.05) is 34.4 Å². The minimum atomic E-state index is -0.293. The highest BCUT2D eigenvalue weighted by atomic mass is 16.6. The van der Waals surface area contributed by atoms with Gasteiger partial charge < -0.3 is 19.1 Å². The first kappa shape index (κ1) is 22.8. The molecule has 2 aromatic carbocycles. The summed E-state index contributed by atoms with van der Waals surface area (Å²) in [6.45, 7) is 2.94. The van der Waals surface area contributed by atoms with Crippen LogP contribution in [0.4, 0.5) is 0 Å². The molecule has 5 nitrogen and oxygen atoms in total. The summed E-state index contributed by atoms with van der Waals surface area (Å²) in [6.07, 6.45) is 2.71. The second-order valence-corrected chi connectivity index (χ2v) is 7.39. The van der Waals surface area contributed by atoms with Crippen molar-refractivity contribution in [2.45, 2.75) is 38.7 Å². The first-order chi connectivity index (χ1) is 14.0. The molecule has 0 fully saturated rings. The van der Waals surface area contributed by atoms with Gasteiger partial charge in [-0.1, -0.05) is 37.3 Å². The SMILES string of the molecule is CCCC(=O)O[C@H](COc1ccccc1CCc1ccc(OC)cc1)CN(C)C. The van der Waals surface area contributed by atoms with Crippen molar-refractivity contribution in [1.29, 1.82) is 0 Å². The van der Waals surface area contributed by atoms with E-state index in [1.54, 1.807) is 7.11 Å². The Morgan fingerprint density at radius 2 is 1.76 bits per heavy atom. The Balaban J connectivity index is 1.97. The number of ether oxygens (including phenoxy) is 3. The summed E-state index contributed by atoms with van der Waals surface area (Å²) in [5.74, 6) is 1.54. The second kappa shape index (κ2) is 12.1. The molecule has 0 spiro atoms. The van der Waals surface area contributed by atoms with Crippen molar-refractivity contribution in [3.63, 3.8) is 0 Å². The minimum Gasteiger partial charge on any atom is -0.497 e. The highest BCUT2D eigenvalue weighted by molar-refractivity contribution is 5.69. The zero-order chi connectivity index (χ0) is 21.1. The lowest BCUT2D eigenvalue weighted by Crippen LogP contribution is -2.35. The highest BCUT2D eigenvalue weighted by Gasteiger charge is 2.17. The third-order valence-corrected chi connectivity index (χ3v) is 4.56. The van der Waals surface area contributed by atoms with Crippen molar-refractivity contribution >= 4 is 5.97 Å². The summed E-state index contributed by atoms with van der Waals surface area (Å²) in [5.41, 5.74) is 2.39. The monoisotopic (exact) mass is 399 g/mol. The van der Waals surface area contributed by atoms with E-state index in [0.717, 1.165) is 36.3 Å². The quantitative estimate of drug-likeness (QED) is 0.502. The van der Waals surface area contributed by atoms with E-state index in [1.807, 2.05) is 56.3 Å². The first-order valence-electron chi connectivity index (χ1n) is 10.2. The van der Waals surface area contributed by atoms with Gasteiger partial charge in [0.1, 0.15) is 24.2 Å². The summed E-state index contributed by atoms with van der Waals surface area (Å²) in [7, 11) is 5.60. The van der Waals surface area contributed by atoms with Gasteiger partial charge in [0, 0.05) is 13.0 Å². The van der Waals surface area contributed by atoms with E-state index in [9.17, 15) is 4.79 Å². The van der Waals surface area contributed by atoms with Crippen LogP contribution in [0.15, 0.2) is 48.5 Å².